The molecule has 0 bridgehead atoms. The summed E-state index contributed by atoms with van der Waals surface area (Å²) in [5.74, 6) is 0.0727. The molecule has 1 fully saturated rings. The van der Waals surface area contributed by atoms with Crippen LogP contribution in [-0.2, 0) is 0 Å². The Morgan fingerprint density at radius 3 is 2.67 bits per heavy atom. The van der Waals surface area contributed by atoms with E-state index in [0.717, 1.165) is 18.0 Å². The van der Waals surface area contributed by atoms with E-state index in [1.165, 1.54) is 11.6 Å². The molecule has 0 spiro atoms. The lowest BCUT2D eigenvalue weighted by Gasteiger charge is -2.38. The van der Waals surface area contributed by atoms with Crippen molar-refractivity contribution in [2.45, 2.75) is 18.4 Å². The Kier molecular flexibility index (Phi) is 4.13. The maximum absolute atomic E-state index is 14.0. The first kappa shape index (κ1) is 14.4. The van der Waals surface area contributed by atoms with Crippen LogP contribution in [0.2, 0.25) is 5.02 Å². The molecule has 1 heterocycles. The Bertz CT molecular complexity index is 632. The second-order valence-electron chi connectivity index (χ2n) is 5.60. The second kappa shape index (κ2) is 6.04. The van der Waals surface area contributed by atoms with Crippen LogP contribution < -0.4 is 10.6 Å². The van der Waals surface area contributed by atoms with Gasteiger partial charge in [-0.15, -0.1) is 0 Å². The molecule has 0 aliphatic carbocycles. The third kappa shape index (κ3) is 3.20. The minimum Gasteiger partial charge on any atom is -0.367 e. The Balaban J connectivity index is 1.87. The molecule has 1 saturated heterocycles. The summed E-state index contributed by atoms with van der Waals surface area (Å²) < 4.78 is 14.0. The van der Waals surface area contributed by atoms with Gasteiger partial charge < -0.3 is 10.6 Å². The highest BCUT2D eigenvalue weighted by molar-refractivity contribution is 6.30. The maximum atomic E-state index is 14.0. The number of nitrogens with two attached hydrogens (primary N) is 1. The molecule has 2 unspecified atom stereocenters. The molecule has 2 nitrogen and oxygen atoms in total. The van der Waals surface area contributed by atoms with E-state index in [0.29, 0.717) is 12.2 Å². The standard InChI is InChI=1S/C17H18ClFN2/c18-14-5-3-4-12(8-14)13-9-15(20)11-21(10-13)17-7-2-1-6-16(17)19/h1-8,13,15H,9-11,20H2. The van der Waals surface area contributed by atoms with Crippen molar-refractivity contribution < 1.29 is 4.39 Å². The highest BCUT2D eigenvalue weighted by atomic mass is 35.5. The van der Waals surface area contributed by atoms with Gasteiger partial charge in [0.25, 0.3) is 0 Å². The molecule has 3 rings (SSSR count). The minimum absolute atomic E-state index is 0.0299. The molecule has 0 aromatic heterocycles. The fourth-order valence-corrected chi connectivity index (χ4v) is 3.24. The van der Waals surface area contributed by atoms with Crippen LogP contribution in [0, 0.1) is 5.82 Å². The molecule has 1 aliphatic rings. The van der Waals surface area contributed by atoms with Crippen LogP contribution in [0.3, 0.4) is 0 Å². The van der Waals surface area contributed by atoms with Gasteiger partial charge in [-0.25, -0.2) is 4.39 Å². The van der Waals surface area contributed by atoms with E-state index < -0.39 is 0 Å². The first-order valence-corrected chi connectivity index (χ1v) is 7.52. The summed E-state index contributed by atoms with van der Waals surface area (Å²) in [5, 5.41) is 0.726. The number of hydrogen-bond acceptors (Lipinski definition) is 2. The molecule has 0 saturated carbocycles. The zero-order valence-corrected chi connectivity index (χ0v) is 12.4. The average molecular weight is 305 g/mol. The molecule has 110 valence electrons. The van der Waals surface area contributed by atoms with Crippen LogP contribution in [0.4, 0.5) is 10.1 Å². The zero-order chi connectivity index (χ0) is 14.8. The number of hydrogen-bond donors (Lipinski definition) is 1. The van der Waals surface area contributed by atoms with Gasteiger partial charge in [0.1, 0.15) is 5.82 Å². The van der Waals surface area contributed by atoms with Gasteiger partial charge in [-0.05, 0) is 36.2 Å². The topological polar surface area (TPSA) is 29.3 Å². The number of anilines is 1. The number of piperidine rings is 1. The number of benzene rings is 2. The predicted molar refractivity (Wildman–Crippen MR) is 85.4 cm³/mol. The van der Waals surface area contributed by atoms with E-state index >= 15 is 0 Å². The Hall–Kier alpha value is -1.58. The Labute approximate surface area is 129 Å². The van der Waals surface area contributed by atoms with Crippen molar-refractivity contribution in [3.63, 3.8) is 0 Å². The SMILES string of the molecule is NC1CC(c2cccc(Cl)c2)CN(c2ccccc2F)C1. The summed E-state index contributed by atoms with van der Waals surface area (Å²) in [7, 11) is 0. The molecule has 2 N–H and O–H groups in total. The van der Waals surface area contributed by atoms with Crippen LogP contribution in [0.15, 0.2) is 48.5 Å². The van der Waals surface area contributed by atoms with E-state index in [4.69, 9.17) is 17.3 Å². The molecule has 2 aromatic rings. The minimum atomic E-state index is -0.198. The van der Waals surface area contributed by atoms with Crippen LogP contribution in [0.25, 0.3) is 0 Å². The molecule has 0 amide bonds. The number of halogens is 2. The summed E-state index contributed by atoms with van der Waals surface area (Å²) in [6.45, 7) is 1.44. The fourth-order valence-electron chi connectivity index (χ4n) is 3.05. The normalized spacial score (nSPS) is 22.3. The van der Waals surface area contributed by atoms with Gasteiger partial charge in [-0.1, -0.05) is 35.9 Å². The maximum Gasteiger partial charge on any atom is 0.146 e. The van der Waals surface area contributed by atoms with Gasteiger partial charge in [0.2, 0.25) is 0 Å². The summed E-state index contributed by atoms with van der Waals surface area (Å²) in [6, 6.07) is 14.7. The van der Waals surface area contributed by atoms with Crippen molar-refractivity contribution in [1.29, 1.82) is 0 Å². The van der Waals surface area contributed by atoms with E-state index in [1.807, 2.05) is 35.2 Å². The third-order valence-electron chi connectivity index (χ3n) is 4.00. The zero-order valence-electron chi connectivity index (χ0n) is 11.7. The Morgan fingerprint density at radius 2 is 1.90 bits per heavy atom. The van der Waals surface area contributed by atoms with E-state index in [1.54, 1.807) is 6.07 Å². The molecular formula is C17H18ClFN2. The van der Waals surface area contributed by atoms with Crippen molar-refractivity contribution in [3.05, 3.63) is 64.9 Å². The summed E-state index contributed by atoms with van der Waals surface area (Å²) in [4.78, 5) is 2.04. The number of para-hydroxylation sites is 1. The lowest BCUT2D eigenvalue weighted by atomic mass is 9.88. The van der Waals surface area contributed by atoms with E-state index in [-0.39, 0.29) is 17.8 Å². The summed E-state index contributed by atoms with van der Waals surface area (Å²) in [6.07, 6.45) is 0.894. The first-order valence-electron chi connectivity index (χ1n) is 7.14. The monoisotopic (exact) mass is 304 g/mol. The van der Waals surface area contributed by atoms with Crippen molar-refractivity contribution in [2.24, 2.45) is 5.73 Å². The number of rotatable bonds is 2. The van der Waals surface area contributed by atoms with Crippen LogP contribution in [-0.4, -0.2) is 19.1 Å². The quantitative estimate of drug-likeness (QED) is 0.914. The van der Waals surface area contributed by atoms with Gasteiger partial charge in [-0.3, -0.25) is 0 Å². The van der Waals surface area contributed by atoms with Gasteiger partial charge in [0.05, 0.1) is 5.69 Å². The summed E-state index contributed by atoms with van der Waals surface area (Å²) in [5.41, 5.74) is 7.97. The molecule has 0 radical (unpaired) electrons. The first-order chi connectivity index (χ1) is 10.1. The molecule has 1 aliphatic heterocycles. The van der Waals surface area contributed by atoms with Crippen molar-refractivity contribution in [2.75, 3.05) is 18.0 Å². The smallest absolute Gasteiger partial charge is 0.146 e. The molecule has 21 heavy (non-hydrogen) atoms. The lowest BCUT2D eigenvalue weighted by Crippen LogP contribution is -2.46. The van der Waals surface area contributed by atoms with Crippen molar-refractivity contribution in [3.8, 4) is 0 Å². The van der Waals surface area contributed by atoms with E-state index in [2.05, 4.69) is 6.07 Å². The highest BCUT2D eigenvalue weighted by Gasteiger charge is 2.27. The lowest BCUT2D eigenvalue weighted by molar-refractivity contribution is 0.449. The third-order valence-corrected chi connectivity index (χ3v) is 4.23. The molecule has 2 atom stereocenters. The molecular weight excluding hydrogens is 287 g/mol. The molecule has 4 heteroatoms. The Morgan fingerprint density at radius 1 is 1.10 bits per heavy atom. The van der Waals surface area contributed by atoms with Crippen molar-refractivity contribution in [1.82, 2.24) is 0 Å². The average Bonchev–Trinajstić information content (AvgIpc) is 2.47. The van der Waals surface area contributed by atoms with E-state index in [9.17, 15) is 4.39 Å². The van der Waals surface area contributed by atoms with Crippen molar-refractivity contribution >= 4 is 17.3 Å². The van der Waals surface area contributed by atoms with Gasteiger partial charge in [-0.2, -0.15) is 0 Å². The highest BCUT2D eigenvalue weighted by Crippen LogP contribution is 2.31. The fraction of sp³-hybridized carbons (Fsp3) is 0.294. The summed E-state index contributed by atoms with van der Waals surface area (Å²) >= 11 is 6.07. The van der Waals surface area contributed by atoms with Crippen LogP contribution in [0.5, 0.6) is 0 Å². The molecule has 2 aromatic carbocycles. The van der Waals surface area contributed by atoms with Gasteiger partial charge >= 0.3 is 0 Å². The largest absolute Gasteiger partial charge is 0.367 e. The van der Waals surface area contributed by atoms with Gasteiger partial charge in [0, 0.05) is 30.1 Å². The van der Waals surface area contributed by atoms with Crippen LogP contribution in [0.1, 0.15) is 17.9 Å². The second-order valence-corrected chi connectivity index (χ2v) is 6.04. The number of nitrogens with zero attached hydrogens (tertiary/aromatic N) is 1. The van der Waals surface area contributed by atoms with Crippen LogP contribution >= 0.6 is 11.6 Å². The van der Waals surface area contributed by atoms with Gasteiger partial charge in [0.15, 0.2) is 0 Å². The predicted octanol–water partition coefficient (Wildman–Crippen LogP) is 3.80.